The summed E-state index contributed by atoms with van der Waals surface area (Å²) in [6, 6.07) is 6.63. The summed E-state index contributed by atoms with van der Waals surface area (Å²) >= 11 is 0. The maximum absolute atomic E-state index is 12.4. The Kier molecular flexibility index (Phi) is 1.62. The Hall–Kier alpha value is -0.890. The summed E-state index contributed by atoms with van der Waals surface area (Å²) in [5.41, 5.74) is 1.18. The lowest BCUT2D eigenvalue weighted by molar-refractivity contribution is 0.00840. The van der Waals surface area contributed by atoms with Crippen LogP contribution in [0.4, 0.5) is 4.39 Å². The minimum Gasteiger partial charge on any atom is -0.380 e. The smallest absolute Gasteiger partial charge is 0.123 e. The van der Waals surface area contributed by atoms with Crippen LogP contribution in [-0.4, -0.2) is 13.2 Å². The second kappa shape index (κ2) is 2.62. The van der Waals surface area contributed by atoms with Gasteiger partial charge in [-0.3, -0.25) is 0 Å². The summed E-state index contributed by atoms with van der Waals surface area (Å²) in [4.78, 5) is 0. The van der Waals surface area contributed by atoms with Crippen molar-refractivity contribution in [3.8, 4) is 0 Å². The summed E-state index contributed by atoms with van der Waals surface area (Å²) in [6.45, 7) is 1.57. The SMILES string of the molecule is Fc1ccc(C2COC2)cc1. The number of rotatable bonds is 1. The van der Waals surface area contributed by atoms with Gasteiger partial charge in [-0.15, -0.1) is 0 Å². The molecule has 0 saturated carbocycles. The van der Waals surface area contributed by atoms with Gasteiger partial charge in [-0.2, -0.15) is 0 Å². The Morgan fingerprint density at radius 3 is 2.27 bits per heavy atom. The lowest BCUT2D eigenvalue weighted by Crippen LogP contribution is -2.24. The molecule has 0 atom stereocenters. The maximum atomic E-state index is 12.4. The molecule has 11 heavy (non-hydrogen) atoms. The predicted octanol–water partition coefficient (Wildman–Crippen LogP) is 1.94. The topological polar surface area (TPSA) is 9.23 Å². The maximum Gasteiger partial charge on any atom is 0.123 e. The Morgan fingerprint density at radius 1 is 1.18 bits per heavy atom. The van der Waals surface area contributed by atoms with Gasteiger partial charge in [0.15, 0.2) is 0 Å². The molecule has 0 bridgehead atoms. The van der Waals surface area contributed by atoms with Gasteiger partial charge in [0.05, 0.1) is 13.2 Å². The molecule has 1 aliphatic rings. The first-order valence-electron chi connectivity index (χ1n) is 3.69. The molecule has 1 saturated heterocycles. The van der Waals surface area contributed by atoms with Gasteiger partial charge in [-0.1, -0.05) is 12.1 Å². The van der Waals surface area contributed by atoms with E-state index < -0.39 is 0 Å². The van der Waals surface area contributed by atoms with Crippen LogP contribution in [0.2, 0.25) is 0 Å². The molecule has 0 aliphatic carbocycles. The summed E-state index contributed by atoms with van der Waals surface area (Å²) < 4.78 is 17.5. The van der Waals surface area contributed by atoms with Crippen LogP contribution in [0.3, 0.4) is 0 Å². The molecule has 1 fully saturated rings. The fourth-order valence-corrected chi connectivity index (χ4v) is 1.16. The van der Waals surface area contributed by atoms with E-state index in [9.17, 15) is 4.39 Å². The molecule has 1 aromatic rings. The highest BCUT2D eigenvalue weighted by molar-refractivity contribution is 5.21. The molecule has 1 nitrogen and oxygen atoms in total. The van der Waals surface area contributed by atoms with Gasteiger partial charge in [0, 0.05) is 5.92 Å². The molecule has 0 N–H and O–H groups in total. The second-order valence-electron chi connectivity index (χ2n) is 2.79. The molecule has 0 unspecified atom stereocenters. The van der Waals surface area contributed by atoms with Crippen molar-refractivity contribution >= 4 is 0 Å². The molecular weight excluding hydrogens is 143 g/mol. The van der Waals surface area contributed by atoms with E-state index in [2.05, 4.69) is 0 Å². The molecule has 0 amide bonds. The number of ether oxygens (including phenoxy) is 1. The number of hydrogen-bond acceptors (Lipinski definition) is 1. The molecule has 0 spiro atoms. The number of hydrogen-bond donors (Lipinski definition) is 0. The van der Waals surface area contributed by atoms with E-state index >= 15 is 0 Å². The zero-order valence-corrected chi connectivity index (χ0v) is 6.09. The van der Waals surface area contributed by atoms with Crippen molar-refractivity contribution in [2.24, 2.45) is 0 Å². The third-order valence-electron chi connectivity index (χ3n) is 1.98. The highest BCUT2D eigenvalue weighted by atomic mass is 19.1. The van der Waals surface area contributed by atoms with Crippen LogP contribution < -0.4 is 0 Å². The van der Waals surface area contributed by atoms with Gasteiger partial charge in [-0.25, -0.2) is 4.39 Å². The highest BCUT2D eigenvalue weighted by Gasteiger charge is 2.19. The van der Waals surface area contributed by atoms with Gasteiger partial charge in [0.25, 0.3) is 0 Å². The zero-order chi connectivity index (χ0) is 7.68. The quantitative estimate of drug-likeness (QED) is 0.597. The van der Waals surface area contributed by atoms with Crippen molar-refractivity contribution in [2.45, 2.75) is 5.92 Å². The van der Waals surface area contributed by atoms with Gasteiger partial charge >= 0.3 is 0 Å². The average molecular weight is 152 g/mol. The van der Waals surface area contributed by atoms with Gasteiger partial charge in [0.1, 0.15) is 5.82 Å². The van der Waals surface area contributed by atoms with E-state index in [1.807, 2.05) is 12.1 Å². The fourth-order valence-electron chi connectivity index (χ4n) is 1.16. The number of benzene rings is 1. The van der Waals surface area contributed by atoms with Gasteiger partial charge in [0.2, 0.25) is 0 Å². The van der Waals surface area contributed by atoms with E-state index in [-0.39, 0.29) is 5.82 Å². The van der Waals surface area contributed by atoms with Crippen LogP contribution >= 0.6 is 0 Å². The standard InChI is InChI=1S/C9H9FO/c10-9-3-1-7(2-4-9)8-5-11-6-8/h1-4,8H,5-6H2. The minimum absolute atomic E-state index is 0.172. The second-order valence-corrected chi connectivity index (χ2v) is 2.79. The van der Waals surface area contributed by atoms with Crippen LogP contribution in [0, 0.1) is 5.82 Å². The van der Waals surface area contributed by atoms with Gasteiger partial charge in [-0.05, 0) is 17.7 Å². The Balaban J connectivity index is 2.18. The van der Waals surface area contributed by atoms with Crippen molar-refractivity contribution in [3.05, 3.63) is 35.6 Å². The van der Waals surface area contributed by atoms with Crippen molar-refractivity contribution in [1.82, 2.24) is 0 Å². The van der Waals surface area contributed by atoms with E-state index in [0.29, 0.717) is 5.92 Å². The first kappa shape index (κ1) is 6.80. The first-order chi connectivity index (χ1) is 5.36. The van der Waals surface area contributed by atoms with E-state index in [1.165, 1.54) is 17.7 Å². The molecule has 0 aromatic heterocycles. The van der Waals surface area contributed by atoms with Crippen LogP contribution in [0.15, 0.2) is 24.3 Å². The summed E-state index contributed by atoms with van der Waals surface area (Å²) in [6.07, 6.45) is 0. The van der Waals surface area contributed by atoms with E-state index in [4.69, 9.17) is 4.74 Å². The molecule has 1 aliphatic heterocycles. The van der Waals surface area contributed by atoms with E-state index in [1.54, 1.807) is 0 Å². The Morgan fingerprint density at radius 2 is 1.82 bits per heavy atom. The molecule has 58 valence electrons. The zero-order valence-electron chi connectivity index (χ0n) is 6.09. The minimum atomic E-state index is -0.172. The molecular formula is C9H9FO. The summed E-state index contributed by atoms with van der Waals surface area (Å²) in [7, 11) is 0. The first-order valence-corrected chi connectivity index (χ1v) is 3.69. The Labute approximate surface area is 64.8 Å². The third-order valence-corrected chi connectivity index (χ3v) is 1.98. The normalized spacial score (nSPS) is 17.9. The van der Waals surface area contributed by atoms with E-state index in [0.717, 1.165) is 13.2 Å². The molecule has 0 radical (unpaired) electrons. The van der Waals surface area contributed by atoms with Crippen molar-refractivity contribution in [1.29, 1.82) is 0 Å². The van der Waals surface area contributed by atoms with Crippen LogP contribution in [-0.2, 0) is 4.74 Å². The predicted molar refractivity (Wildman–Crippen MR) is 40.0 cm³/mol. The van der Waals surface area contributed by atoms with Crippen LogP contribution in [0.1, 0.15) is 11.5 Å². The molecule has 2 rings (SSSR count). The van der Waals surface area contributed by atoms with Crippen LogP contribution in [0.5, 0.6) is 0 Å². The molecule has 2 heteroatoms. The molecule has 1 heterocycles. The fraction of sp³-hybridized carbons (Fsp3) is 0.333. The van der Waals surface area contributed by atoms with Crippen molar-refractivity contribution in [2.75, 3.05) is 13.2 Å². The average Bonchev–Trinajstić information content (AvgIpc) is 1.90. The Bertz CT molecular complexity index is 238. The molecule has 1 aromatic carbocycles. The summed E-state index contributed by atoms with van der Waals surface area (Å²) in [5.74, 6) is 0.324. The van der Waals surface area contributed by atoms with Crippen LogP contribution in [0.25, 0.3) is 0 Å². The number of halogens is 1. The monoisotopic (exact) mass is 152 g/mol. The largest absolute Gasteiger partial charge is 0.380 e. The lowest BCUT2D eigenvalue weighted by atomic mass is 9.98. The van der Waals surface area contributed by atoms with Crippen molar-refractivity contribution < 1.29 is 9.13 Å². The summed E-state index contributed by atoms with van der Waals surface area (Å²) in [5, 5.41) is 0. The lowest BCUT2D eigenvalue weighted by Gasteiger charge is -2.26. The highest BCUT2D eigenvalue weighted by Crippen LogP contribution is 2.23. The third kappa shape index (κ3) is 1.26. The van der Waals surface area contributed by atoms with Gasteiger partial charge < -0.3 is 4.74 Å². The van der Waals surface area contributed by atoms with Crippen molar-refractivity contribution in [3.63, 3.8) is 0 Å².